The highest BCUT2D eigenvalue weighted by Crippen LogP contribution is 2.16. The van der Waals surface area contributed by atoms with Crippen LogP contribution in [0.15, 0.2) is 48.5 Å². The molecule has 0 aliphatic carbocycles. The molecule has 0 atom stereocenters. The van der Waals surface area contributed by atoms with E-state index in [9.17, 15) is 9.59 Å². The first-order valence-corrected chi connectivity index (χ1v) is 7.00. The largest absolute Gasteiger partial charge is 0.484 e. The Morgan fingerprint density at radius 2 is 1.91 bits per heavy atom. The molecule has 0 aliphatic heterocycles. The Morgan fingerprint density at radius 1 is 1.14 bits per heavy atom. The van der Waals surface area contributed by atoms with Gasteiger partial charge in [0.2, 0.25) is 0 Å². The number of benzene rings is 2. The lowest BCUT2D eigenvalue weighted by Crippen LogP contribution is -2.20. The SMILES string of the molecule is CCc1cccc(NC(=O)c2cccc(OCC(N)=O)c2)c1. The van der Waals surface area contributed by atoms with Crippen LogP contribution in [0.1, 0.15) is 22.8 Å². The minimum absolute atomic E-state index is 0.219. The number of amides is 2. The zero-order chi connectivity index (χ0) is 15.9. The number of anilines is 1. The van der Waals surface area contributed by atoms with Crippen molar-refractivity contribution in [3.63, 3.8) is 0 Å². The predicted octanol–water partition coefficient (Wildman–Crippen LogP) is 2.37. The monoisotopic (exact) mass is 298 g/mol. The van der Waals surface area contributed by atoms with Crippen molar-refractivity contribution in [3.05, 3.63) is 59.7 Å². The predicted molar refractivity (Wildman–Crippen MR) is 84.9 cm³/mol. The molecule has 0 bridgehead atoms. The smallest absolute Gasteiger partial charge is 0.255 e. The lowest BCUT2D eigenvalue weighted by atomic mass is 10.1. The summed E-state index contributed by atoms with van der Waals surface area (Å²) in [5.74, 6) is -0.377. The Balaban J connectivity index is 2.08. The minimum atomic E-state index is -0.564. The number of hydrogen-bond donors (Lipinski definition) is 2. The van der Waals surface area contributed by atoms with Gasteiger partial charge in [-0.3, -0.25) is 9.59 Å². The van der Waals surface area contributed by atoms with Crippen molar-refractivity contribution in [2.75, 3.05) is 11.9 Å². The summed E-state index contributed by atoms with van der Waals surface area (Å²) in [5.41, 5.74) is 7.37. The molecule has 0 spiro atoms. The minimum Gasteiger partial charge on any atom is -0.484 e. The van der Waals surface area contributed by atoms with Crippen LogP contribution in [0.2, 0.25) is 0 Å². The van der Waals surface area contributed by atoms with Crippen LogP contribution in [0.5, 0.6) is 5.75 Å². The quantitative estimate of drug-likeness (QED) is 0.859. The first-order chi connectivity index (χ1) is 10.6. The van der Waals surface area contributed by atoms with Crippen LogP contribution in [0.4, 0.5) is 5.69 Å². The molecule has 2 rings (SSSR count). The van der Waals surface area contributed by atoms with E-state index in [1.54, 1.807) is 24.3 Å². The summed E-state index contributed by atoms with van der Waals surface area (Å²) in [5, 5.41) is 2.84. The van der Waals surface area contributed by atoms with Gasteiger partial charge in [0.25, 0.3) is 11.8 Å². The second kappa shape index (κ2) is 7.26. The van der Waals surface area contributed by atoms with E-state index >= 15 is 0 Å². The normalized spacial score (nSPS) is 10.0. The molecule has 5 heteroatoms. The highest BCUT2D eigenvalue weighted by molar-refractivity contribution is 6.04. The number of primary amides is 1. The number of carbonyl (C=O) groups excluding carboxylic acids is 2. The zero-order valence-corrected chi connectivity index (χ0v) is 12.3. The summed E-state index contributed by atoms with van der Waals surface area (Å²) in [6.07, 6.45) is 0.903. The van der Waals surface area contributed by atoms with E-state index in [0.717, 1.165) is 17.7 Å². The fourth-order valence-electron chi connectivity index (χ4n) is 1.95. The molecule has 2 aromatic rings. The molecule has 114 valence electrons. The van der Waals surface area contributed by atoms with Crippen LogP contribution in [0, 0.1) is 0 Å². The molecule has 0 aromatic heterocycles. The molecule has 2 aromatic carbocycles. The third-order valence-corrected chi connectivity index (χ3v) is 3.07. The molecule has 0 fully saturated rings. The fourth-order valence-corrected chi connectivity index (χ4v) is 1.95. The van der Waals surface area contributed by atoms with Gasteiger partial charge in [0.05, 0.1) is 0 Å². The number of nitrogens with one attached hydrogen (secondary N) is 1. The molecule has 2 amide bonds. The van der Waals surface area contributed by atoms with E-state index in [1.807, 2.05) is 24.3 Å². The van der Waals surface area contributed by atoms with Gasteiger partial charge in [0.15, 0.2) is 6.61 Å². The van der Waals surface area contributed by atoms with Crippen LogP contribution in [0.3, 0.4) is 0 Å². The van der Waals surface area contributed by atoms with Gasteiger partial charge in [-0.25, -0.2) is 0 Å². The number of carbonyl (C=O) groups is 2. The van der Waals surface area contributed by atoms with Crippen molar-refractivity contribution in [1.29, 1.82) is 0 Å². The molecule has 0 saturated heterocycles. The van der Waals surface area contributed by atoms with E-state index in [2.05, 4.69) is 12.2 Å². The average molecular weight is 298 g/mol. The van der Waals surface area contributed by atoms with Gasteiger partial charge in [-0.2, -0.15) is 0 Å². The van der Waals surface area contributed by atoms with E-state index in [-0.39, 0.29) is 12.5 Å². The average Bonchev–Trinajstić information content (AvgIpc) is 2.53. The van der Waals surface area contributed by atoms with E-state index in [1.165, 1.54) is 0 Å². The van der Waals surface area contributed by atoms with Gasteiger partial charge in [-0.1, -0.05) is 25.1 Å². The number of rotatable bonds is 6. The van der Waals surface area contributed by atoms with Crippen LogP contribution in [-0.2, 0) is 11.2 Å². The summed E-state index contributed by atoms with van der Waals surface area (Å²) in [4.78, 5) is 23.0. The van der Waals surface area contributed by atoms with Gasteiger partial charge < -0.3 is 15.8 Å². The van der Waals surface area contributed by atoms with Crippen molar-refractivity contribution in [2.24, 2.45) is 5.73 Å². The lowest BCUT2D eigenvalue weighted by molar-refractivity contribution is -0.119. The maximum atomic E-state index is 12.2. The van der Waals surface area contributed by atoms with Crippen molar-refractivity contribution < 1.29 is 14.3 Å². The van der Waals surface area contributed by atoms with Gasteiger partial charge in [-0.15, -0.1) is 0 Å². The highest BCUT2D eigenvalue weighted by atomic mass is 16.5. The molecule has 0 heterocycles. The Kier molecular flexibility index (Phi) is 5.14. The Bertz CT molecular complexity index is 683. The topological polar surface area (TPSA) is 81.4 Å². The molecular weight excluding hydrogens is 280 g/mol. The van der Waals surface area contributed by atoms with Gasteiger partial charge in [-0.05, 0) is 42.3 Å². The first kappa shape index (κ1) is 15.6. The Labute approximate surface area is 129 Å². The van der Waals surface area contributed by atoms with E-state index in [4.69, 9.17) is 10.5 Å². The number of nitrogens with two attached hydrogens (primary N) is 1. The zero-order valence-electron chi connectivity index (χ0n) is 12.3. The van der Waals surface area contributed by atoms with Crippen LogP contribution in [0.25, 0.3) is 0 Å². The molecular formula is C17H18N2O3. The first-order valence-electron chi connectivity index (χ1n) is 7.00. The summed E-state index contributed by atoms with van der Waals surface area (Å²) in [6, 6.07) is 14.3. The van der Waals surface area contributed by atoms with Crippen molar-refractivity contribution >= 4 is 17.5 Å². The fraction of sp³-hybridized carbons (Fsp3) is 0.176. The summed E-state index contributed by atoms with van der Waals surface area (Å²) in [6.45, 7) is 1.84. The molecule has 0 saturated carbocycles. The van der Waals surface area contributed by atoms with Crippen molar-refractivity contribution in [2.45, 2.75) is 13.3 Å². The molecule has 3 N–H and O–H groups in total. The summed E-state index contributed by atoms with van der Waals surface area (Å²) < 4.78 is 5.19. The van der Waals surface area contributed by atoms with Crippen molar-refractivity contribution in [3.8, 4) is 5.75 Å². The highest BCUT2D eigenvalue weighted by Gasteiger charge is 2.08. The molecule has 22 heavy (non-hydrogen) atoms. The third kappa shape index (κ3) is 4.34. The summed E-state index contributed by atoms with van der Waals surface area (Å²) >= 11 is 0. The van der Waals surface area contributed by atoms with Gasteiger partial charge in [0, 0.05) is 11.3 Å². The second-order valence-electron chi connectivity index (χ2n) is 4.79. The summed E-state index contributed by atoms with van der Waals surface area (Å²) in [7, 11) is 0. The number of aryl methyl sites for hydroxylation is 1. The number of ether oxygens (including phenoxy) is 1. The van der Waals surface area contributed by atoms with Crippen LogP contribution < -0.4 is 15.8 Å². The molecule has 0 aliphatic rings. The molecule has 0 radical (unpaired) electrons. The lowest BCUT2D eigenvalue weighted by Gasteiger charge is -2.08. The Hall–Kier alpha value is -2.82. The maximum Gasteiger partial charge on any atom is 0.255 e. The van der Waals surface area contributed by atoms with Gasteiger partial charge >= 0.3 is 0 Å². The molecule has 5 nitrogen and oxygen atoms in total. The molecule has 0 unspecified atom stereocenters. The Morgan fingerprint density at radius 3 is 2.64 bits per heavy atom. The van der Waals surface area contributed by atoms with Crippen molar-refractivity contribution in [1.82, 2.24) is 0 Å². The number of hydrogen-bond acceptors (Lipinski definition) is 3. The van der Waals surface area contributed by atoms with Gasteiger partial charge in [0.1, 0.15) is 5.75 Å². The second-order valence-corrected chi connectivity index (χ2v) is 4.79. The van der Waals surface area contributed by atoms with Crippen LogP contribution >= 0.6 is 0 Å². The maximum absolute atomic E-state index is 12.2. The third-order valence-electron chi connectivity index (χ3n) is 3.07. The van der Waals surface area contributed by atoms with E-state index in [0.29, 0.717) is 11.3 Å². The van der Waals surface area contributed by atoms with E-state index < -0.39 is 5.91 Å². The standard InChI is InChI=1S/C17H18N2O3/c1-2-12-5-3-7-14(9-12)19-17(21)13-6-4-8-15(10-13)22-11-16(18)20/h3-10H,2,11H2,1H3,(H2,18,20)(H,19,21). The van der Waals surface area contributed by atoms with Crippen LogP contribution in [-0.4, -0.2) is 18.4 Å².